The largest absolute Gasteiger partial charge is 0.511 e. The molecule has 15 heteroatoms. The van der Waals surface area contributed by atoms with E-state index in [2.05, 4.69) is 53.1 Å². The maximum atomic E-state index is 12.2. The number of piperidine rings is 1. The number of nitrogens with one attached hydrogen (secondary N) is 1. The first-order chi connectivity index (χ1) is 34.6. The van der Waals surface area contributed by atoms with E-state index in [-0.39, 0.29) is 47.5 Å². The number of aldehydes is 1. The lowest BCUT2D eigenvalue weighted by Gasteiger charge is -2.36. The van der Waals surface area contributed by atoms with Crippen LogP contribution in [0.3, 0.4) is 0 Å². The number of aliphatic imine (C=N–C) groups is 1. The zero-order valence-electron chi connectivity index (χ0n) is 46.6. The van der Waals surface area contributed by atoms with Crippen LogP contribution in [0.15, 0.2) is 52.8 Å². The average Bonchev–Trinajstić information content (AvgIpc) is 3.72. The van der Waals surface area contributed by atoms with Crippen molar-refractivity contribution in [2.75, 3.05) is 72.9 Å². The van der Waals surface area contributed by atoms with Crippen LogP contribution in [0.5, 0.6) is 0 Å². The summed E-state index contributed by atoms with van der Waals surface area (Å²) in [5.74, 6) is -1.73. The van der Waals surface area contributed by atoms with Crippen LogP contribution >= 0.6 is 0 Å². The molecule has 5 N–H and O–H groups in total. The summed E-state index contributed by atoms with van der Waals surface area (Å²) in [6.07, 6.45) is 12.4. The third-order valence-electron chi connectivity index (χ3n) is 13.5. The molecule has 3 fully saturated rings. The van der Waals surface area contributed by atoms with Gasteiger partial charge in [-0.05, 0) is 159 Å². The molecule has 1 aliphatic carbocycles. The molecule has 2 heterocycles. The van der Waals surface area contributed by atoms with E-state index in [1.165, 1.54) is 19.4 Å². The molecule has 0 spiro atoms. The number of benzene rings is 2. The van der Waals surface area contributed by atoms with E-state index in [1.54, 1.807) is 6.21 Å². The monoisotopic (exact) mass is 1020 g/mol. The first-order valence-corrected chi connectivity index (χ1v) is 26.4. The minimum Gasteiger partial charge on any atom is -0.511 e. The van der Waals surface area contributed by atoms with Crippen molar-refractivity contribution >= 4 is 41.9 Å². The number of likely N-dealkylation sites (tertiary alicyclic amines) is 2. The number of aliphatic hydroxyl groups is 1. The Labute approximate surface area is 438 Å². The molecule has 0 aromatic heterocycles. The molecule has 15 nitrogen and oxygen atoms in total. The van der Waals surface area contributed by atoms with E-state index in [9.17, 15) is 29.4 Å². The quantitative estimate of drug-likeness (QED) is 0.0286. The summed E-state index contributed by atoms with van der Waals surface area (Å²) in [7, 11) is 2.19. The number of carboxylic acids is 1. The van der Waals surface area contributed by atoms with E-state index in [0.717, 1.165) is 116 Å². The third kappa shape index (κ3) is 25.3. The Balaban J connectivity index is 0.000000461. The van der Waals surface area contributed by atoms with Crippen LogP contribution in [0.4, 0.5) is 0 Å². The number of ether oxygens (including phenoxy) is 4. The average molecular weight is 1020 g/mol. The number of aliphatic carboxylic acids is 1. The molecule has 2 aromatic rings. The molecule has 0 radical (unpaired) electrons. The van der Waals surface area contributed by atoms with Gasteiger partial charge in [0.1, 0.15) is 24.2 Å². The molecule has 3 aliphatic rings. The van der Waals surface area contributed by atoms with Crippen LogP contribution in [0.25, 0.3) is 11.1 Å². The van der Waals surface area contributed by atoms with Gasteiger partial charge in [0, 0.05) is 49.9 Å². The predicted molar refractivity (Wildman–Crippen MR) is 294 cm³/mol. The van der Waals surface area contributed by atoms with Gasteiger partial charge in [-0.1, -0.05) is 62.7 Å². The molecule has 2 amide bonds. The van der Waals surface area contributed by atoms with Gasteiger partial charge in [-0.25, -0.2) is 4.79 Å². The second kappa shape index (κ2) is 34.7. The second-order valence-electron chi connectivity index (χ2n) is 20.9. The minimum atomic E-state index is -1.08. The number of amides is 2. The third-order valence-corrected chi connectivity index (χ3v) is 13.5. The van der Waals surface area contributed by atoms with Crippen molar-refractivity contribution in [1.29, 1.82) is 0 Å². The van der Waals surface area contributed by atoms with E-state index >= 15 is 0 Å². The van der Waals surface area contributed by atoms with Gasteiger partial charge in [0.15, 0.2) is 0 Å². The first kappa shape index (κ1) is 64.3. The smallest absolute Gasteiger partial charge is 0.339 e. The Morgan fingerprint density at radius 1 is 0.849 bits per heavy atom. The highest BCUT2D eigenvalue weighted by molar-refractivity contribution is 6.17. The maximum absolute atomic E-state index is 12.2. The van der Waals surface area contributed by atoms with Gasteiger partial charge in [0.2, 0.25) is 12.3 Å². The first-order valence-electron chi connectivity index (χ1n) is 26.4. The minimum absolute atomic E-state index is 0.00214. The SMILES string of the molecule is CC(C)(C)CC=O.CC1CCCN1C.CC=N/C(C)=C(\C)c1ccc(C(C)NC=O)cc1.Cc1cc(C)c(/C(C(=O)O)=C(\O)C2CCC(OC3CCN(CCOCCOCCOCC(N)=O)CC3)CC2)c(C)c1. The molecule has 2 atom stereocenters. The molecule has 410 valence electrons. The van der Waals surface area contributed by atoms with E-state index < -0.39 is 11.9 Å². The zero-order chi connectivity index (χ0) is 54.5. The molecular formula is C58H93N5O10. The number of nitrogens with two attached hydrogens (primary N) is 1. The number of carbonyl (C=O) groups excluding carboxylic acids is 3. The lowest BCUT2D eigenvalue weighted by atomic mass is 9.82. The summed E-state index contributed by atoms with van der Waals surface area (Å²) in [6, 6.07) is 13.0. The summed E-state index contributed by atoms with van der Waals surface area (Å²) in [4.78, 5) is 52.1. The Morgan fingerprint density at radius 2 is 1.41 bits per heavy atom. The Hall–Kier alpha value is -4.77. The van der Waals surface area contributed by atoms with Crippen molar-refractivity contribution in [3.05, 3.63) is 81.2 Å². The molecule has 73 heavy (non-hydrogen) atoms. The molecule has 2 aliphatic heterocycles. The van der Waals surface area contributed by atoms with Gasteiger partial charge in [0.25, 0.3) is 0 Å². The fraction of sp³-hybridized carbons (Fsp3) is 0.638. The van der Waals surface area contributed by atoms with Gasteiger partial charge >= 0.3 is 5.97 Å². The predicted octanol–water partition coefficient (Wildman–Crippen LogP) is 9.60. The fourth-order valence-corrected chi connectivity index (χ4v) is 8.99. The van der Waals surface area contributed by atoms with Gasteiger partial charge in [-0.15, -0.1) is 0 Å². The van der Waals surface area contributed by atoms with Crippen molar-refractivity contribution in [2.24, 2.45) is 22.1 Å². The van der Waals surface area contributed by atoms with Crippen LogP contribution in [0.2, 0.25) is 0 Å². The molecular weight excluding hydrogens is 927 g/mol. The molecule has 1 saturated carbocycles. The molecule has 2 aromatic carbocycles. The van der Waals surface area contributed by atoms with Crippen molar-refractivity contribution in [3.8, 4) is 0 Å². The number of rotatable bonds is 22. The summed E-state index contributed by atoms with van der Waals surface area (Å²) in [5, 5.41) is 23.8. The van der Waals surface area contributed by atoms with Crippen molar-refractivity contribution < 1.29 is 48.3 Å². The summed E-state index contributed by atoms with van der Waals surface area (Å²) < 4.78 is 22.5. The maximum Gasteiger partial charge on any atom is 0.339 e. The normalized spacial score (nSPS) is 19.7. The van der Waals surface area contributed by atoms with E-state index in [1.807, 2.05) is 86.6 Å². The molecule has 0 bridgehead atoms. The van der Waals surface area contributed by atoms with Gasteiger partial charge < -0.3 is 54.8 Å². The van der Waals surface area contributed by atoms with Gasteiger partial charge in [0.05, 0.1) is 51.3 Å². The molecule has 2 unspecified atom stereocenters. The fourth-order valence-electron chi connectivity index (χ4n) is 8.99. The molecule has 2 saturated heterocycles. The zero-order valence-corrected chi connectivity index (χ0v) is 46.6. The van der Waals surface area contributed by atoms with Crippen LogP contribution in [0, 0.1) is 32.1 Å². The Bertz CT molecular complexity index is 2020. The highest BCUT2D eigenvalue weighted by Gasteiger charge is 2.32. The lowest BCUT2D eigenvalue weighted by Crippen LogP contribution is -2.40. The van der Waals surface area contributed by atoms with E-state index in [4.69, 9.17) is 24.7 Å². The van der Waals surface area contributed by atoms with Crippen LogP contribution in [-0.4, -0.2) is 142 Å². The summed E-state index contributed by atoms with van der Waals surface area (Å²) in [6.45, 7) is 28.5. The van der Waals surface area contributed by atoms with E-state index in [0.29, 0.717) is 45.0 Å². The number of carbonyl (C=O) groups is 4. The number of hydrogen-bond acceptors (Lipinski definition) is 12. The topological polar surface area (TPSA) is 203 Å². The highest BCUT2D eigenvalue weighted by atomic mass is 16.5. The van der Waals surface area contributed by atoms with Crippen molar-refractivity contribution in [1.82, 2.24) is 15.1 Å². The Morgan fingerprint density at radius 3 is 1.86 bits per heavy atom. The second-order valence-corrected chi connectivity index (χ2v) is 20.9. The number of primary amides is 1. The van der Waals surface area contributed by atoms with Crippen LogP contribution in [0.1, 0.15) is 153 Å². The Kier molecular flexibility index (Phi) is 30.6. The highest BCUT2D eigenvalue weighted by Crippen LogP contribution is 2.37. The standard InChI is InChI=1S/C31H48N2O8.C15H20N2O.C6H13N.C6H12O/c1-21-18-22(2)28(23(3)19-21)29(31(36)37)30(35)24-4-6-25(7-5-24)41-26-8-10-33(11-9-26)12-13-38-14-15-39-16-17-40-20-27(32)34;1-5-16-12(3)11(2)14-6-8-15(9-7-14)13(4)17-10-18;1-6-4-3-5-7(6)2;1-6(2,3)4-5-7/h18-19,24-26,35H,4-17,20H2,1-3H3,(H2,32,34)(H,36,37);5-10,13H,1-4H3,(H,17,18);6H,3-5H2,1-2H3;5H,4H2,1-3H3/b30-29+;12-11+,16-5?;;. The summed E-state index contributed by atoms with van der Waals surface area (Å²) >= 11 is 0. The molecule has 5 rings (SSSR count). The van der Waals surface area contributed by atoms with Gasteiger partial charge in [-0.3, -0.25) is 14.6 Å². The number of hydrogen-bond donors (Lipinski definition) is 4. The number of allylic oxidation sites excluding steroid dienone is 3. The number of aliphatic hydroxyl groups excluding tert-OH is 1. The van der Waals surface area contributed by atoms with Gasteiger partial charge in [-0.2, -0.15) is 0 Å². The number of nitrogens with zero attached hydrogens (tertiary/aromatic N) is 3. The number of carboxylic acid groups (broad SMARTS) is 1. The lowest BCUT2D eigenvalue weighted by molar-refractivity contribution is -0.130. The van der Waals surface area contributed by atoms with Crippen molar-refractivity contribution in [2.45, 2.75) is 158 Å². The van der Waals surface area contributed by atoms with Crippen molar-refractivity contribution in [3.63, 3.8) is 0 Å². The number of aryl methyl sites for hydroxylation is 3. The summed E-state index contributed by atoms with van der Waals surface area (Å²) in [5.41, 5.74) is 13.1. The van der Waals surface area contributed by atoms with Crippen LogP contribution < -0.4 is 11.1 Å². The van der Waals surface area contributed by atoms with Crippen LogP contribution in [-0.2, 0) is 38.1 Å².